The lowest BCUT2D eigenvalue weighted by Gasteiger charge is -2.07. The number of rotatable bonds is 3. The molecule has 7 aromatic rings. The van der Waals surface area contributed by atoms with Gasteiger partial charge in [-0.3, -0.25) is 0 Å². The van der Waals surface area contributed by atoms with Crippen LogP contribution >= 0.6 is 11.6 Å². The zero-order chi connectivity index (χ0) is 24.1. The first-order chi connectivity index (χ1) is 17.7. The Kier molecular flexibility index (Phi) is 4.79. The third-order valence-corrected chi connectivity index (χ3v) is 6.60. The van der Waals surface area contributed by atoms with Gasteiger partial charge in [0.1, 0.15) is 11.2 Å². The van der Waals surface area contributed by atoms with E-state index in [1.54, 1.807) is 0 Å². The van der Waals surface area contributed by atoms with Gasteiger partial charge in [0.2, 0.25) is 5.28 Å². The summed E-state index contributed by atoms with van der Waals surface area (Å²) in [5.74, 6) is 1.09. The minimum Gasteiger partial charge on any atom is -0.456 e. The highest BCUT2D eigenvalue weighted by Gasteiger charge is 2.13. The van der Waals surface area contributed by atoms with Gasteiger partial charge in [0.05, 0.1) is 0 Å². The van der Waals surface area contributed by atoms with E-state index in [9.17, 15) is 0 Å². The number of aromatic nitrogens is 3. The third-order valence-electron chi connectivity index (χ3n) is 6.43. The summed E-state index contributed by atoms with van der Waals surface area (Å²) in [6.07, 6.45) is 0. The Balaban J connectivity index is 1.34. The average molecular weight is 484 g/mol. The lowest BCUT2D eigenvalue weighted by Crippen LogP contribution is -1.97. The molecule has 0 aliphatic heterocycles. The van der Waals surface area contributed by atoms with Gasteiger partial charge in [0.25, 0.3) is 0 Å². The van der Waals surface area contributed by atoms with Crippen molar-refractivity contribution in [2.45, 2.75) is 0 Å². The maximum absolute atomic E-state index is 6.28. The Labute approximate surface area is 211 Å². The summed E-state index contributed by atoms with van der Waals surface area (Å²) in [4.78, 5) is 13.4. The van der Waals surface area contributed by atoms with E-state index >= 15 is 0 Å². The topological polar surface area (TPSA) is 51.8 Å². The molecular formula is C31H18ClN3O. The summed E-state index contributed by atoms with van der Waals surface area (Å²) in [6, 6.07) is 36.9. The Morgan fingerprint density at radius 3 is 1.94 bits per heavy atom. The first kappa shape index (κ1) is 20.8. The highest BCUT2D eigenvalue weighted by Crippen LogP contribution is 2.35. The third kappa shape index (κ3) is 3.60. The summed E-state index contributed by atoms with van der Waals surface area (Å²) >= 11 is 6.28. The molecule has 4 nitrogen and oxygen atoms in total. The van der Waals surface area contributed by atoms with Gasteiger partial charge in [-0.15, -0.1) is 0 Å². The van der Waals surface area contributed by atoms with E-state index in [2.05, 4.69) is 64.6 Å². The van der Waals surface area contributed by atoms with E-state index in [4.69, 9.17) is 21.0 Å². The Hall–Kier alpha value is -4.54. The van der Waals surface area contributed by atoms with Crippen LogP contribution in [0, 0.1) is 0 Å². The predicted molar refractivity (Wildman–Crippen MR) is 146 cm³/mol. The van der Waals surface area contributed by atoms with Crippen molar-refractivity contribution in [3.8, 4) is 33.9 Å². The van der Waals surface area contributed by atoms with Gasteiger partial charge in [-0.05, 0) is 63.8 Å². The Morgan fingerprint density at radius 2 is 1.11 bits per heavy atom. The van der Waals surface area contributed by atoms with E-state index in [0.29, 0.717) is 11.6 Å². The molecule has 0 amide bonds. The molecule has 0 unspecified atom stereocenters. The molecule has 0 N–H and O–H groups in total. The van der Waals surface area contributed by atoms with E-state index in [0.717, 1.165) is 44.2 Å². The molecule has 0 atom stereocenters. The van der Waals surface area contributed by atoms with Crippen LogP contribution in [-0.2, 0) is 0 Å². The molecule has 5 aromatic carbocycles. The zero-order valence-electron chi connectivity index (χ0n) is 19.0. The van der Waals surface area contributed by atoms with E-state index in [-0.39, 0.29) is 5.28 Å². The van der Waals surface area contributed by atoms with E-state index < -0.39 is 0 Å². The Morgan fingerprint density at radius 1 is 0.472 bits per heavy atom. The molecule has 7 rings (SSSR count). The number of hydrogen-bond acceptors (Lipinski definition) is 4. The molecular weight excluding hydrogens is 466 g/mol. The molecule has 5 heteroatoms. The van der Waals surface area contributed by atoms with Crippen molar-refractivity contribution in [3.05, 3.63) is 114 Å². The predicted octanol–water partition coefficient (Wildman–Crippen LogP) is 8.58. The van der Waals surface area contributed by atoms with Crippen LogP contribution in [0.5, 0.6) is 0 Å². The van der Waals surface area contributed by atoms with Gasteiger partial charge >= 0.3 is 0 Å². The number of hydrogen-bond donors (Lipinski definition) is 0. The van der Waals surface area contributed by atoms with Gasteiger partial charge in [0.15, 0.2) is 11.6 Å². The first-order valence-corrected chi connectivity index (χ1v) is 12.0. The van der Waals surface area contributed by atoms with Crippen molar-refractivity contribution in [2.24, 2.45) is 0 Å². The summed E-state index contributed by atoms with van der Waals surface area (Å²) in [6.45, 7) is 0. The molecule has 2 heterocycles. The highest BCUT2D eigenvalue weighted by molar-refractivity contribution is 6.28. The molecule has 0 saturated carbocycles. The fraction of sp³-hybridized carbons (Fsp3) is 0. The van der Waals surface area contributed by atoms with Crippen LogP contribution in [0.3, 0.4) is 0 Å². The fourth-order valence-electron chi connectivity index (χ4n) is 4.68. The number of furan rings is 1. The standard InChI is InChI=1S/C31H18ClN3O/c32-31-34-29(19-7-2-1-3-8-19)33-30(35-31)24-12-6-11-20(15-24)23-13-14-27-25(17-23)26-16-21-9-4-5-10-22(21)18-28(26)36-27/h1-18H. The van der Waals surface area contributed by atoms with Gasteiger partial charge in [0, 0.05) is 21.9 Å². The molecule has 36 heavy (non-hydrogen) atoms. The van der Waals surface area contributed by atoms with Crippen molar-refractivity contribution < 1.29 is 4.42 Å². The van der Waals surface area contributed by atoms with Crippen LogP contribution in [-0.4, -0.2) is 15.0 Å². The van der Waals surface area contributed by atoms with Crippen LogP contribution in [0.2, 0.25) is 5.28 Å². The fourth-order valence-corrected chi connectivity index (χ4v) is 4.84. The molecule has 170 valence electrons. The number of nitrogens with zero attached hydrogens (tertiary/aromatic N) is 3. The second-order valence-electron chi connectivity index (χ2n) is 8.71. The number of fused-ring (bicyclic) bond motifs is 4. The highest BCUT2D eigenvalue weighted by atomic mass is 35.5. The average Bonchev–Trinajstić information content (AvgIpc) is 3.28. The van der Waals surface area contributed by atoms with Gasteiger partial charge in [-0.1, -0.05) is 78.9 Å². The van der Waals surface area contributed by atoms with E-state index in [1.807, 2.05) is 54.6 Å². The quantitative estimate of drug-likeness (QED) is 0.252. The monoisotopic (exact) mass is 483 g/mol. The van der Waals surface area contributed by atoms with E-state index in [1.165, 1.54) is 10.8 Å². The first-order valence-electron chi connectivity index (χ1n) is 11.6. The summed E-state index contributed by atoms with van der Waals surface area (Å²) in [7, 11) is 0. The summed E-state index contributed by atoms with van der Waals surface area (Å²) < 4.78 is 6.17. The largest absolute Gasteiger partial charge is 0.456 e. The lowest BCUT2D eigenvalue weighted by atomic mass is 10.00. The van der Waals surface area contributed by atoms with Crippen LogP contribution in [0.15, 0.2) is 114 Å². The zero-order valence-corrected chi connectivity index (χ0v) is 19.8. The SMILES string of the molecule is Clc1nc(-c2ccccc2)nc(-c2cccc(-c3ccc4oc5cc6ccccc6cc5c4c3)c2)n1. The van der Waals surface area contributed by atoms with Gasteiger partial charge < -0.3 is 4.42 Å². The van der Waals surface area contributed by atoms with Gasteiger partial charge in [-0.25, -0.2) is 4.98 Å². The molecule has 0 radical (unpaired) electrons. The second-order valence-corrected chi connectivity index (χ2v) is 9.05. The Bertz CT molecular complexity index is 1910. The molecule has 0 spiro atoms. The maximum Gasteiger partial charge on any atom is 0.226 e. The second kappa shape index (κ2) is 8.29. The maximum atomic E-state index is 6.28. The number of benzene rings is 5. The normalized spacial score (nSPS) is 11.5. The molecule has 2 aromatic heterocycles. The van der Waals surface area contributed by atoms with Crippen molar-refractivity contribution >= 4 is 44.3 Å². The van der Waals surface area contributed by atoms with Crippen LogP contribution in [0.4, 0.5) is 0 Å². The molecule has 0 aliphatic rings. The smallest absolute Gasteiger partial charge is 0.226 e. The molecule has 0 saturated heterocycles. The minimum absolute atomic E-state index is 0.169. The van der Waals surface area contributed by atoms with Crippen LogP contribution < -0.4 is 0 Å². The van der Waals surface area contributed by atoms with Gasteiger partial charge in [-0.2, -0.15) is 9.97 Å². The minimum atomic E-state index is 0.169. The summed E-state index contributed by atoms with van der Waals surface area (Å²) in [5, 5.41) is 4.73. The summed E-state index contributed by atoms with van der Waals surface area (Å²) in [5.41, 5.74) is 5.67. The molecule has 0 aliphatic carbocycles. The van der Waals surface area contributed by atoms with Crippen molar-refractivity contribution in [1.29, 1.82) is 0 Å². The molecule has 0 bridgehead atoms. The molecule has 0 fully saturated rings. The number of halogens is 1. The lowest BCUT2D eigenvalue weighted by molar-refractivity contribution is 0.669. The van der Waals surface area contributed by atoms with Crippen molar-refractivity contribution in [2.75, 3.05) is 0 Å². The van der Waals surface area contributed by atoms with Crippen molar-refractivity contribution in [3.63, 3.8) is 0 Å². The van der Waals surface area contributed by atoms with Crippen molar-refractivity contribution in [1.82, 2.24) is 15.0 Å². The van der Waals surface area contributed by atoms with Crippen LogP contribution in [0.1, 0.15) is 0 Å². The van der Waals surface area contributed by atoms with Crippen LogP contribution in [0.25, 0.3) is 66.6 Å².